The molecule has 0 spiro atoms. The van der Waals surface area contributed by atoms with E-state index in [4.69, 9.17) is 14.6 Å². The van der Waals surface area contributed by atoms with E-state index in [0.717, 1.165) is 32.1 Å². The predicted molar refractivity (Wildman–Crippen MR) is 74.0 cm³/mol. The lowest BCUT2D eigenvalue weighted by molar-refractivity contribution is -0.141. The third-order valence-electron chi connectivity index (χ3n) is 3.19. The van der Waals surface area contributed by atoms with Crippen molar-refractivity contribution in [2.75, 3.05) is 0 Å². The Labute approximate surface area is 115 Å². The number of rotatable bonds is 8. The van der Waals surface area contributed by atoms with Crippen molar-refractivity contribution >= 4 is 5.97 Å². The second-order valence-corrected chi connectivity index (χ2v) is 5.58. The number of hydrogen-bond donors (Lipinski definition) is 1. The maximum absolute atomic E-state index is 10.3. The van der Waals surface area contributed by atoms with Crippen molar-refractivity contribution in [1.82, 2.24) is 0 Å². The molecule has 19 heavy (non-hydrogen) atoms. The van der Waals surface area contributed by atoms with Crippen LogP contribution in [0.2, 0.25) is 0 Å². The largest absolute Gasteiger partial charge is 0.481 e. The molecule has 0 bridgehead atoms. The Morgan fingerprint density at radius 2 is 1.89 bits per heavy atom. The number of hydrogen-bond acceptors (Lipinski definition) is 3. The quantitative estimate of drug-likeness (QED) is 0.541. The van der Waals surface area contributed by atoms with Gasteiger partial charge in [0.15, 0.2) is 5.79 Å². The molecule has 1 aliphatic heterocycles. The van der Waals surface area contributed by atoms with Crippen LogP contribution in [0.3, 0.4) is 0 Å². The van der Waals surface area contributed by atoms with Gasteiger partial charge in [0.2, 0.25) is 0 Å². The molecule has 1 heterocycles. The van der Waals surface area contributed by atoms with Crippen molar-refractivity contribution in [2.45, 2.75) is 77.3 Å². The van der Waals surface area contributed by atoms with Crippen LogP contribution in [0.5, 0.6) is 0 Å². The molecule has 0 aromatic carbocycles. The fourth-order valence-corrected chi connectivity index (χ4v) is 2.28. The summed E-state index contributed by atoms with van der Waals surface area (Å²) in [5.74, 6) is -1.18. The summed E-state index contributed by atoms with van der Waals surface area (Å²) in [5, 5.41) is 8.51. The van der Waals surface area contributed by atoms with Crippen LogP contribution in [0, 0.1) is 0 Å². The molecule has 0 radical (unpaired) electrons. The van der Waals surface area contributed by atoms with Crippen molar-refractivity contribution in [2.24, 2.45) is 0 Å². The Hall–Kier alpha value is -0.870. The van der Waals surface area contributed by atoms with E-state index in [0.29, 0.717) is 0 Å². The van der Waals surface area contributed by atoms with Gasteiger partial charge in [0.1, 0.15) is 6.10 Å². The summed E-state index contributed by atoms with van der Waals surface area (Å²) in [6.07, 6.45) is 9.62. The molecule has 0 aliphatic carbocycles. The average Bonchev–Trinajstić information content (AvgIpc) is 2.55. The van der Waals surface area contributed by atoms with Gasteiger partial charge in [0.25, 0.3) is 0 Å². The molecule has 0 aromatic heterocycles. The third-order valence-corrected chi connectivity index (χ3v) is 3.19. The summed E-state index contributed by atoms with van der Waals surface area (Å²) >= 11 is 0. The third kappa shape index (κ3) is 6.73. The van der Waals surface area contributed by atoms with Gasteiger partial charge in [-0.2, -0.15) is 0 Å². The highest BCUT2D eigenvalue weighted by Gasteiger charge is 2.36. The molecular formula is C15H26O4. The van der Waals surface area contributed by atoms with Gasteiger partial charge in [-0.05, 0) is 40.0 Å². The molecule has 1 aliphatic rings. The van der Waals surface area contributed by atoms with Crippen LogP contribution in [0.25, 0.3) is 0 Å². The molecule has 1 fully saturated rings. The van der Waals surface area contributed by atoms with Crippen LogP contribution < -0.4 is 0 Å². The Balaban J connectivity index is 2.06. The molecular weight excluding hydrogens is 244 g/mol. The van der Waals surface area contributed by atoms with Crippen LogP contribution in [0.15, 0.2) is 12.2 Å². The maximum Gasteiger partial charge on any atom is 0.303 e. The summed E-state index contributed by atoms with van der Waals surface area (Å²) in [7, 11) is 0. The summed E-state index contributed by atoms with van der Waals surface area (Å²) in [5.41, 5.74) is 0. The van der Waals surface area contributed by atoms with Crippen LogP contribution in [-0.4, -0.2) is 29.1 Å². The number of carboxylic acids is 1. The molecule has 0 saturated carbocycles. The van der Waals surface area contributed by atoms with Crippen LogP contribution in [-0.2, 0) is 14.3 Å². The summed E-state index contributed by atoms with van der Waals surface area (Å²) in [6.45, 7) is 5.88. The number of ether oxygens (including phenoxy) is 2. The molecule has 4 heteroatoms. The standard InChI is InChI=1S/C15H26O4/c1-12-13(19-15(2,3)18-12)10-8-6-4-5-7-9-11-14(16)17/h8,10,12-13H,4-7,9,11H2,1-3H3,(H,16,17). The first-order chi connectivity index (χ1) is 8.91. The highest BCUT2D eigenvalue weighted by molar-refractivity contribution is 5.66. The van der Waals surface area contributed by atoms with E-state index < -0.39 is 11.8 Å². The zero-order chi connectivity index (χ0) is 14.3. The van der Waals surface area contributed by atoms with Crippen LogP contribution >= 0.6 is 0 Å². The SMILES string of the molecule is CC1OC(C)(C)OC1C=CCCCCCCC(=O)O. The van der Waals surface area contributed by atoms with Crippen LogP contribution in [0.4, 0.5) is 0 Å². The number of carboxylic acid groups (broad SMARTS) is 1. The van der Waals surface area contributed by atoms with Gasteiger partial charge < -0.3 is 14.6 Å². The van der Waals surface area contributed by atoms with E-state index in [9.17, 15) is 4.79 Å². The smallest absolute Gasteiger partial charge is 0.303 e. The van der Waals surface area contributed by atoms with E-state index in [1.165, 1.54) is 0 Å². The molecule has 0 amide bonds. The number of carbonyl (C=O) groups is 1. The van der Waals surface area contributed by atoms with Crippen molar-refractivity contribution < 1.29 is 19.4 Å². The first kappa shape index (κ1) is 16.2. The fraction of sp³-hybridized carbons (Fsp3) is 0.800. The van der Waals surface area contributed by atoms with Crippen LogP contribution in [0.1, 0.15) is 59.3 Å². The number of aliphatic carboxylic acids is 1. The highest BCUT2D eigenvalue weighted by Crippen LogP contribution is 2.28. The summed E-state index contributed by atoms with van der Waals surface area (Å²) in [4.78, 5) is 10.3. The molecule has 110 valence electrons. The zero-order valence-corrected chi connectivity index (χ0v) is 12.2. The van der Waals surface area contributed by atoms with Crippen molar-refractivity contribution in [3.8, 4) is 0 Å². The minimum atomic E-state index is -0.699. The normalized spacial score (nSPS) is 26.1. The van der Waals surface area contributed by atoms with Gasteiger partial charge in [-0.15, -0.1) is 0 Å². The fourth-order valence-electron chi connectivity index (χ4n) is 2.28. The van der Waals surface area contributed by atoms with Gasteiger partial charge in [-0.3, -0.25) is 4.79 Å². The summed E-state index contributed by atoms with van der Waals surface area (Å²) < 4.78 is 11.4. The first-order valence-electron chi connectivity index (χ1n) is 7.15. The van der Waals surface area contributed by atoms with Gasteiger partial charge >= 0.3 is 5.97 Å². The molecule has 1 saturated heterocycles. The van der Waals surface area contributed by atoms with E-state index in [2.05, 4.69) is 12.2 Å². The van der Waals surface area contributed by atoms with E-state index >= 15 is 0 Å². The Kier molecular flexibility index (Phi) is 6.52. The second kappa shape index (κ2) is 7.65. The highest BCUT2D eigenvalue weighted by atomic mass is 16.7. The molecule has 2 atom stereocenters. The average molecular weight is 270 g/mol. The lowest BCUT2D eigenvalue weighted by Crippen LogP contribution is -2.20. The maximum atomic E-state index is 10.3. The lowest BCUT2D eigenvalue weighted by Gasteiger charge is -2.15. The van der Waals surface area contributed by atoms with E-state index in [1.807, 2.05) is 20.8 Å². The Bertz CT molecular complexity index is 309. The minimum absolute atomic E-state index is 0.0435. The molecule has 0 aromatic rings. The zero-order valence-electron chi connectivity index (χ0n) is 12.2. The Morgan fingerprint density at radius 3 is 2.47 bits per heavy atom. The van der Waals surface area contributed by atoms with Crippen molar-refractivity contribution in [3.63, 3.8) is 0 Å². The Morgan fingerprint density at radius 1 is 1.21 bits per heavy atom. The first-order valence-corrected chi connectivity index (χ1v) is 7.15. The second-order valence-electron chi connectivity index (χ2n) is 5.58. The topological polar surface area (TPSA) is 55.8 Å². The predicted octanol–water partition coefficient (Wildman–Crippen LogP) is 3.51. The molecule has 4 nitrogen and oxygen atoms in total. The molecule has 1 rings (SSSR count). The van der Waals surface area contributed by atoms with Crippen molar-refractivity contribution in [3.05, 3.63) is 12.2 Å². The van der Waals surface area contributed by atoms with E-state index in [1.54, 1.807) is 0 Å². The molecule has 1 N–H and O–H groups in total. The lowest BCUT2D eigenvalue weighted by atomic mass is 10.1. The van der Waals surface area contributed by atoms with Gasteiger partial charge in [-0.25, -0.2) is 0 Å². The monoisotopic (exact) mass is 270 g/mol. The van der Waals surface area contributed by atoms with Gasteiger partial charge in [0.05, 0.1) is 6.10 Å². The summed E-state index contributed by atoms with van der Waals surface area (Å²) in [6, 6.07) is 0. The van der Waals surface area contributed by atoms with E-state index in [-0.39, 0.29) is 18.6 Å². The van der Waals surface area contributed by atoms with Crippen molar-refractivity contribution in [1.29, 1.82) is 0 Å². The van der Waals surface area contributed by atoms with Gasteiger partial charge in [-0.1, -0.05) is 25.0 Å². The number of unbranched alkanes of at least 4 members (excludes halogenated alkanes) is 4. The minimum Gasteiger partial charge on any atom is -0.481 e. The molecule has 2 unspecified atom stereocenters. The van der Waals surface area contributed by atoms with Gasteiger partial charge in [0, 0.05) is 6.42 Å². The number of allylic oxidation sites excluding steroid dienone is 1.